The maximum Gasteiger partial charge on any atom is 0.140 e. The molecule has 19 heavy (non-hydrogen) atoms. The van der Waals surface area contributed by atoms with Crippen molar-refractivity contribution in [2.75, 3.05) is 5.32 Å². The van der Waals surface area contributed by atoms with Crippen molar-refractivity contribution < 1.29 is 0 Å². The molecule has 1 aromatic heterocycles. The number of aromatic nitrogens is 1. The molecular weight excluding hydrogens is 302 g/mol. The van der Waals surface area contributed by atoms with Gasteiger partial charge in [-0.2, -0.15) is 5.26 Å². The monoisotopic (exact) mass is 315 g/mol. The van der Waals surface area contributed by atoms with Crippen molar-refractivity contribution in [1.29, 1.82) is 5.26 Å². The third-order valence-electron chi connectivity index (χ3n) is 2.84. The summed E-state index contributed by atoms with van der Waals surface area (Å²) in [6.45, 7) is 4.82. The van der Waals surface area contributed by atoms with Crippen LogP contribution in [0.3, 0.4) is 0 Å². The van der Waals surface area contributed by atoms with Gasteiger partial charge in [0, 0.05) is 17.2 Å². The fourth-order valence-electron chi connectivity index (χ4n) is 1.98. The molecule has 3 nitrogen and oxygen atoms in total. The van der Waals surface area contributed by atoms with Crippen LogP contribution in [0.2, 0.25) is 0 Å². The number of nitrogens with zero attached hydrogens (tertiary/aromatic N) is 2. The lowest BCUT2D eigenvalue weighted by atomic mass is 10.1. The molecule has 0 aliphatic heterocycles. The summed E-state index contributed by atoms with van der Waals surface area (Å²) in [6.07, 6.45) is 1.66. The predicted octanol–water partition coefficient (Wildman–Crippen LogP) is 3.94. The summed E-state index contributed by atoms with van der Waals surface area (Å²) in [5.41, 5.74) is 4.99. The van der Waals surface area contributed by atoms with Gasteiger partial charge in [0.25, 0.3) is 0 Å². The number of hydrogen-bond acceptors (Lipinski definition) is 3. The molecular formula is C15H14BrN3. The van der Waals surface area contributed by atoms with Gasteiger partial charge in [-0.3, -0.25) is 0 Å². The molecule has 0 atom stereocenters. The number of halogens is 1. The minimum Gasteiger partial charge on any atom is -0.380 e. The topological polar surface area (TPSA) is 48.7 Å². The van der Waals surface area contributed by atoms with E-state index in [1.807, 2.05) is 12.1 Å². The van der Waals surface area contributed by atoms with Gasteiger partial charge in [0.05, 0.1) is 5.69 Å². The van der Waals surface area contributed by atoms with Crippen LogP contribution in [-0.4, -0.2) is 4.98 Å². The molecule has 1 aromatic carbocycles. The Morgan fingerprint density at radius 1 is 1.32 bits per heavy atom. The van der Waals surface area contributed by atoms with E-state index in [0.29, 0.717) is 12.2 Å². The van der Waals surface area contributed by atoms with Crippen LogP contribution in [0.5, 0.6) is 0 Å². The summed E-state index contributed by atoms with van der Waals surface area (Å²) in [7, 11) is 0. The van der Waals surface area contributed by atoms with Gasteiger partial charge in [0.1, 0.15) is 11.8 Å². The highest BCUT2D eigenvalue weighted by Gasteiger charge is 2.05. The summed E-state index contributed by atoms with van der Waals surface area (Å²) in [6, 6.07) is 9.98. The Morgan fingerprint density at radius 2 is 2.11 bits per heavy atom. The molecule has 0 amide bonds. The quantitative estimate of drug-likeness (QED) is 0.933. The van der Waals surface area contributed by atoms with Crippen LogP contribution in [0.1, 0.15) is 22.4 Å². The molecule has 0 radical (unpaired) electrons. The maximum atomic E-state index is 8.83. The number of hydrogen-bond donors (Lipinski definition) is 1. The van der Waals surface area contributed by atoms with Crippen LogP contribution >= 0.6 is 15.9 Å². The molecule has 96 valence electrons. The first-order valence-corrected chi connectivity index (χ1v) is 6.75. The van der Waals surface area contributed by atoms with E-state index in [-0.39, 0.29) is 0 Å². The molecule has 1 N–H and O–H groups in total. The van der Waals surface area contributed by atoms with Crippen molar-refractivity contribution >= 4 is 21.6 Å². The van der Waals surface area contributed by atoms with Crippen LogP contribution in [0.15, 0.2) is 34.9 Å². The van der Waals surface area contributed by atoms with Crippen LogP contribution in [0.4, 0.5) is 5.69 Å². The number of benzene rings is 1. The molecule has 0 unspecified atom stereocenters. The third-order valence-corrected chi connectivity index (χ3v) is 3.47. The fraction of sp³-hybridized carbons (Fsp3) is 0.200. The van der Waals surface area contributed by atoms with E-state index in [0.717, 1.165) is 15.7 Å². The Bertz CT molecular complexity index is 621. The first-order chi connectivity index (χ1) is 9.10. The van der Waals surface area contributed by atoms with Crippen LogP contribution in [-0.2, 0) is 6.54 Å². The van der Waals surface area contributed by atoms with Gasteiger partial charge in [-0.25, -0.2) is 4.98 Å². The van der Waals surface area contributed by atoms with Gasteiger partial charge in [-0.1, -0.05) is 6.07 Å². The Kier molecular flexibility index (Phi) is 4.18. The van der Waals surface area contributed by atoms with Crippen LogP contribution in [0.25, 0.3) is 0 Å². The van der Waals surface area contributed by atoms with Crippen molar-refractivity contribution in [3.05, 3.63) is 57.3 Å². The second kappa shape index (κ2) is 5.85. The Balaban J connectivity index is 2.17. The lowest BCUT2D eigenvalue weighted by Crippen LogP contribution is -2.03. The third kappa shape index (κ3) is 3.33. The van der Waals surface area contributed by atoms with Gasteiger partial charge in [0.2, 0.25) is 0 Å². The van der Waals surface area contributed by atoms with Gasteiger partial charge in [0.15, 0.2) is 0 Å². The Morgan fingerprint density at radius 3 is 2.79 bits per heavy atom. The van der Waals surface area contributed by atoms with E-state index in [2.05, 4.69) is 52.2 Å². The van der Waals surface area contributed by atoms with Crippen LogP contribution < -0.4 is 5.32 Å². The lowest BCUT2D eigenvalue weighted by molar-refractivity contribution is 1.11. The van der Waals surface area contributed by atoms with Gasteiger partial charge >= 0.3 is 0 Å². The minimum atomic E-state index is 0.444. The molecule has 0 saturated carbocycles. The van der Waals surface area contributed by atoms with Crippen molar-refractivity contribution in [3.63, 3.8) is 0 Å². The second-order valence-electron chi connectivity index (χ2n) is 4.45. The fourth-order valence-corrected chi connectivity index (χ4v) is 2.79. The first kappa shape index (κ1) is 13.6. The molecule has 4 heteroatoms. The zero-order chi connectivity index (χ0) is 13.8. The van der Waals surface area contributed by atoms with E-state index < -0.39 is 0 Å². The predicted molar refractivity (Wildman–Crippen MR) is 79.9 cm³/mol. The number of aryl methyl sites for hydroxylation is 2. The van der Waals surface area contributed by atoms with Crippen molar-refractivity contribution in [2.45, 2.75) is 20.4 Å². The summed E-state index contributed by atoms with van der Waals surface area (Å²) < 4.78 is 1.06. The highest BCUT2D eigenvalue weighted by Crippen LogP contribution is 2.28. The minimum absolute atomic E-state index is 0.444. The average molecular weight is 316 g/mol. The summed E-state index contributed by atoms with van der Waals surface area (Å²) in [5.74, 6) is 0. The molecule has 1 heterocycles. The maximum absolute atomic E-state index is 8.83. The SMILES string of the molecule is Cc1cc(C)c(NCc2ccnc(C#N)c2)c(Br)c1. The number of nitrogens with one attached hydrogen (secondary N) is 1. The summed E-state index contributed by atoms with van der Waals surface area (Å²) in [5, 5.41) is 12.2. The van der Waals surface area contributed by atoms with Gasteiger partial charge < -0.3 is 5.32 Å². The molecule has 0 aliphatic carbocycles. The molecule has 0 aliphatic rings. The number of rotatable bonds is 3. The van der Waals surface area contributed by atoms with E-state index in [9.17, 15) is 0 Å². The van der Waals surface area contributed by atoms with E-state index in [1.54, 1.807) is 12.3 Å². The molecule has 2 rings (SSSR count). The van der Waals surface area contributed by atoms with E-state index in [1.165, 1.54) is 11.1 Å². The molecule has 0 bridgehead atoms. The molecule has 0 fully saturated rings. The number of nitriles is 1. The summed E-state index contributed by atoms with van der Waals surface area (Å²) in [4.78, 5) is 3.96. The zero-order valence-electron chi connectivity index (χ0n) is 10.9. The summed E-state index contributed by atoms with van der Waals surface area (Å²) >= 11 is 3.57. The molecule has 0 saturated heterocycles. The average Bonchev–Trinajstić information content (AvgIpc) is 2.37. The van der Waals surface area contributed by atoms with Crippen LogP contribution in [0, 0.1) is 25.2 Å². The Hall–Kier alpha value is -1.86. The standard InChI is InChI=1S/C15H14BrN3/c1-10-5-11(2)15(14(16)6-10)19-9-12-3-4-18-13(7-12)8-17/h3-7,19H,9H2,1-2H3. The normalized spacial score (nSPS) is 10.0. The number of pyridine rings is 1. The zero-order valence-corrected chi connectivity index (χ0v) is 12.5. The lowest BCUT2D eigenvalue weighted by Gasteiger charge is -2.13. The number of anilines is 1. The van der Waals surface area contributed by atoms with Crippen molar-refractivity contribution in [3.8, 4) is 6.07 Å². The van der Waals surface area contributed by atoms with Gasteiger partial charge in [-0.05, 0) is 64.7 Å². The van der Waals surface area contributed by atoms with Gasteiger partial charge in [-0.15, -0.1) is 0 Å². The van der Waals surface area contributed by atoms with E-state index in [4.69, 9.17) is 5.26 Å². The second-order valence-corrected chi connectivity index (χ2v) is 5.31. The van der Waals surface area contributed by atoms with Crippen molar-refractivity contribution in [1.82, 2.24) is 4.98 Å². The van der Waals surface area contributed by atoms with E-state index >= 15 is 0 Å². The Labute approximate surface area is 121 Å². The molecule has 0 spiro atoms. The smallest absolute Gasteiger partial charge is 0.140 e. The largest absolute Gasteiger partial charge is 0.380 e. The molecule has 2 aromatic rings. The van der Waals surface area contributed by atoms with Crippen molar-refractivity contribution in [2.24, 2.45) is 0 Å². The highest BCUT2D eigenvalue weighted by atomic mass is 79.9. The highest BCUT2D eigenvalue weighted by molar-refractivity contribution is 9.10. The first-order valence-electron chi connectivity index (χ1n) is 5.96.